The van der Waals surface area contributed by atoms with Gasteiger partial charge in [0.05, 0.1) is 16.7 Å². The molecule has 1 aromatic heterocycles. The van der Waals surface area contributed by atoms with E-state index in [0.717, 1.165) is 0 Å². The lowest BCUT2D eigenvalue weighted by Crippen LogP contribution is -2.55. The van der Waals surface area contributed by atoms with E-state index in [2.05, 4.69) is 9.97 Å². The Kier molecular flexibility index (Phi) is 8.22. The maximum Gasteiger partial charge on any atom is 0.342 e. The van der Waals surface area contributed by atoms with Gasteiger partial charge in [0.2, 0.25) is 0 Å². The Morgan fingerprint density at radius 3 is 2.35 bits per heavy atom. The summed E-state index contributed by atoms with van der Waals surface area (Å²) >= 11 is 0. The lowest BCUT2D eigenvalue weighted by Gasteiger charge is -2.40. The summed E-state index contributed by atoms with van der Waals surface area (Å²) in [5.41, 5.74) is 1.52. The summed E-state index contributed by atoms with van der Waals surface area (Å²) in [6.07, 6.45) is -0.407. The number of aromatic nitrogens is 2. The Morgan fingerprint density at radius 2 is 1.73 bits per heavy atom. The Hall–Kier alpha value is -4.67. The highest BCUT2D eigenvalue weighted by Gasteiger charge is 2.35. The number of aryl methyl sites for hydroxylation is 2. The van der Waals surface area contributed by atoms with Gasteiger partial charge < -0.3 is 14.5 Å². The SMILES string of the molecule is Cc1ccc(C(=O)N2CCN(C(=O)c3nc(-c4ccccc4)nc(C)c3C(=O)OC(C)C)CC2C)cc1[N+](=O)[O-]. The lowest BCUT2D eigenvalue weighted by atomic mass is 10.1. The van der Waals surface area contributed by atoms with Gasteiger partial charge in [-0.1, -0.05) is 36.4 Å². The number of benzene rings is 2. The molecule has 1 atom stereocenters. The highest BCUT2D eigenvalue weighted by molar-refractivity contribution is 6.05. The molecule has 0 spiro atoms. The van der Waals surface area contributed by atoms with Gasteiger partial charge in [-0.15, -0.1) is 0 Å². The van der Waals surface area contributed by atoms with Crippen LogP contribution in [0.25, 0.3) is 11.4 Å². The first kappa shape index (κ1) is 28.3. The number of esters is 1. The Labute approximate surface area is 231 Å². The second kappa shape index (κ2) is 11.6. The Balaban J connectivity index is 1.62. The second-order valence-corrected chi connectivity index (χ2v) is 10.0. The van der Waals surface area contributed by atoms with E-state index in [9.17, 15) is 24.5 Å². The molecule has 2 aromatic carbocycles. The first-order chi connectivity index (χ1) is 19.0. The summed E-state index contributed by atoms with van der Waals surface area (Å²) in [5.74, 6) is -1.19. The number of amides is 2. The predicted octanol–water partition coefficient (Wildman–Crippen LogP) is 4.22. The minimum absolute atomic E-state index is 0.0107. The number of rotatable bonds is 6. The van der Waals surface area contributed by atoms with Crippen molar-refractivity contribution in [3.05, 3.63) is 86.7 Å². The van der Waals surface area contributed by atoms with Crippen LogP contribution in [-0.2, 0) is 4.74 Å². The molecule has 2 heterocycles. The summed E-state index contributed by atoms with van der Waals surface area (Å²) in [5, 5.41) is 11.4. The maximum absolute atomic E-state index is 13.8. The largest absolute Gasteiger partial charge is 0.459 e. The van der Waals surface area contributed by atoms with Crippen molar-refractivity contribution in [1.29, 1.82) is 0 Å². The van der Waals surface area contributed by atoms with Crippen LogP contribution >= 0.6 is 0 Å². The predicted molar refractivity (Wildman–Crippen MR) is 147 cm³/mol. The average molecular weight is 546 g/mol. The molecule has 1 saturated heterocycles. The van der Waals surface area contributed by atoms with E-state index in [1.165, 1.54) is 6.07 Å². The highest BCUT2D eigenvalue weighted by atomic mass is 16.6. The molecular formula is C29H31N5O6. The Bertz CT molecular complexity index is 1470. The van der Waals surface area contributed by atoms with Gasteiger partial charge in [-0.2, -0.15) is 0 Å². The van der Waals surface area contributed by atoms with Gasteiger partial charge in [0.1, 0.15) is 11.3 Å². The van der Waals surface area contributed by atoms with Crippen LogP contribution in [-0.4, -0.2) is 74.3 Å². The number of nitro groups is 1. The summed E-state index contributed by atoms with van der Waals surface area (Å²) in [6.45, 7) is 9.06. The van der Waals surface area contributed by atoms with Gasteiger partial charge >= 0.3 is 5.97 Å². The fourth-order valence-electron chi connectivity index (χ4n) is 4.66. The lowest BCUT2D eigenvalue weighted by molar-refractivity contribution is -0.385. The van der Waals surface area contributed by atoms with E-state index < -0.39 is 28.9 Å². The molecule has 1 unspecified atom stereocenters. The third kappa shape index (κ3) is 5.83. The van der Waals surface area contributed by atoms with E-state index in [0.29, 0.717) is 22.6 Å². The molecular weight excluding hydrogens is 514 g/mol. The van der Waals surface area contributed by atoms with E-state index in [4.69, 9.17) is 4.74 Å². The van der Waals surface area contributed by atoms with Gasteiger partial charge in [0, 0.05) is 48.4 Å². The van der Waals surface area contributed by atoms with Crippen molar-refractivity contribution in [2.24, 2.45) is 0 Å². The third-order valence-electron chi connectivity index (χ3n) is 6.70. The van der Waals surface area contributed by atoms with E-state index >= 15 is 0 Å². The van der Waals surface area contributed by atoms with Crippen LogP contribution in [0.4, 0.5) is 5.69 Å². The molecule has 0 radical (unpaired) electrons. The van der Waals surface area contributed by atoms with Gasteiger partial charge in [-0.05, 0) is 40.7 Å². The quantitative estimate of drug-likeness (QED) is 0.255. The molecule has 0 N–H and O–H groups in total. The summed E-state index contributed by atoms with van der Waals surface area (Å²) < 4.78 is 5.40. The number of ether oxygens (including phenoxy) is 1. The van der Waals surface area contributed by atoms with Crippen LogP contribution in [0.3, 0.4) is 0 Å². The number of hydrogen-bond acceptors (Lipinski definition) is 8. The average Bonchev–Trinajstić information content (AvgIpc) is 2.91. The molecule has 11 nitrogen and oxygen atoms in total. The first-order valence-electron chi connectivity index (χ1n) is 13.0. The van der Waals surface area contributed by atoms with Crippen LogP contribution in [0.15, 0.2) is 48.5 Å². The van der Waals surface area contributed by atoms with Crippen molar-refractivity contribution in [3.63, 3.8) is 0 Å². The molecule has 1 aliphatic rings. The molecule has 11 heteroatoms. The number of hydrogen-bond donors (Lipinski definition) is 0. The summed E-state index contributed by atoms with van der Waals surface area (Å²) in [4.78, 5) is 63.1. The maximum atomic E-state index is 13.8. The van der Waals surface area contributed by atoms with Gasteiger partial charge in [0.25, 0.3) is 17.5 Å². The van der Waals surface area contributed by atoms with Gasteiger partial charge in [0.15, 0.2) is 5.82 Å². The standard InChI is InChI=1S/C29H31N5O6/c1-17(2)40-29(37)24-20(5)30-26(21-9-7-6-8-10-21)31-25(24)28(36)32-13-14-33(19(4)16-32)27(35)22-12-11-18(3)23(15-22)34(38)39/h6-12,15,17,19H,13-14,16H2,1-5H3. The summed E-state index contributed by atoms with van der Waals surface area (Å²) in [6, 6.07) is 13.2. The number of nitrogens with zero attached hydrogens (tertiary/aromatic N) is 5. The van der Waals surface area contributed by atoms with Crippen LogP contribution < -0.4 is 0 Å². The minimum Gasteiger partial charge on any atom is -0.459 e. The summed E-state index contributed by atoms with van der Waals surface area (Å²) in [7, 11) is 0. The first-order valence-corrected chi connectivity index (χ1v) is 13.0. The van der Waals surface area contributed by atoms with Crippen molar-refractivity contribution in [2.75, 3.05) is 19.6 Å². The van der Waals surface area contributed by atoms with Crippen molar-refractivity contribution in [3.8, 4) is 11.4 Å². The third-order valence-corrected chi connectivity index (χ3v) is 6.70. The zero-order valence-corrected chi connectivity index (χ0v) is 23.1. The topological polar surface area (TPSA) is 136 Å². The zero-order valence-electron chi connectivity index (χ0n) is 23.1. The van der Waals surface area contributed by atoms with Crippen molar-refractivity contribution in [1.82, 2.24) is 19.8 Å². The second-order valence-electron chi connectivity index (χ2n) is 10.0. The molecule has 208 valence electrons. The monoisotopic (exact) mass is 545 g/mol. The van der Waals surface area contributed by atoms with Crippen molar-refractivity contribution >= 4 is 23.5 Å². The van der Waals surface area contributed by atoms with Crippen molar-refractivity contribution < 1.29 is 24.0 Å². The normalized spacial score (nSPS) is 15.2. The van der Waals surface area contributed by atoms with Crippen LogP contribution in [0.5, 0.6) is 0 Å². The molecule has 4 rings (SSSR count). The molecule has 0 saturated carbocycles. The Morgan fingerprint density at radius 1 is 1.02 bits per heavy atom. The molecule has 2 amide bonds. The molecule has 0 bridgehead atoms. The van der Waals surface area contributed by atoms with Crippen LogP contribution in [0, 0.1) is 24.0 Å². The minimum atomic E-state index is -0.682. The molecule has 40 heavy (non-hydrogen) atoms. The fraction of sp³-hybridized carbons (Fsp3) is 0.345. The molecule has 0 aliphatic carbocycles. The van der Waals surface area contributed by atoms with Gasteiger partial charge in [-0.3, -0.25) is 19.7 Å². The number of nitro benzene ring substituents is 1. The molecule has 1 fully saturated rings. The molecule has 3 aromatic rings. The number of piperazine rings is 1. The number of carbonyl (C=O) groups excluding carboxylic acids is 3. The smallest absolute Gasteiger partial charge is 0.342 e. The van der Waals surface area contributed by atoms with E-state index in [1.807, 2.05) is 30.3 Å². The van der Waals surface area contributed by atoms with E-state index in [-0.39, 0.29) is 48.0 Å². The zero-order chi connectivity index (χ0) is 29.1. The highest BCUT2D eigenvalue weighted by Crippen LogP contribution is 2.25. The number of carbonyl (C=O) groups is 3. The van der Waals surface area contributed by atoms with Crippen molar-refractivity contribution in [2.45, 2.75) is 46.8 Å². The fourth-order valence-corrected chi connectivity index (χ4v) is 4.66. The van der Waals surface area contributed by atoms with Gasteiger partial charge in [-0.25, -0.2) is 14.8 Å². The van der Waals surface area contributed by atoms with E-state index in [1.54, 1.807) is 56.6 Å². The molecule has 1 aliphatic heterocycles. The van der Waals surface area contributed by atoms with Crippen LogP contribution in [0.1, 0.15) is 63.2 Å². The van der Waals surface area contributed by atoms with Crippen LogP contribution in [0.2, 0.25) is 0 Å².